The molecule has 2 rings (SSSR count). The molecule has 1 aromatic heterocycles. The first-order chi connectivity index (χ1) is 9.24. The van der Waals surface area contributed by atoms with E-state index in [4.69, 9.17) is 4.74 Å². The monoisotopic (exact) mass is 263 g/mol. The Bertz CT molecular complexity index is 397. The summed E-state index contributed by atoms with van der Waals surface area (Å²) < 4.78 is 5.65. The van der Waals surface area contributed by atoms with Gasteiger partial charge >= 0.3 is 0 Å². The van der Waals surface area contributed by atoms with E-state index in [0.717, 1.165) is 31.7 Å². The van der Waals surface area contributed by atoms with Gasteiger partial charge in [0.05, 0.1) is 19.1 Å². The molecule has 1 atom stereocenters. The summed E-state index contributed by atoms with van der Waals surface area (Å²) in [4.78, 5) is 18.0. The number of morpholine rings is 1. The molecule has 1 unspecified atom stereocenters. The zero-order valence-corrected chi connectivity index (χ0v) is 11.3. The Labute approximate surface area is 114 Å². The summed E-state index contributed by atoms with van der Waals surface area (Å²) in [6, 6.07) is 3.75. The third-order valence-electron chi connectivity index (χ3n) is 3.22. The van der Waals surface area contributed by atoms with Gasteiger partial charge in [-0.25, -0.2) is 0 Å². The van der Waals surface area contributed by atoms with E-state index < -0.39 is 0 Å². The van der Waals surface area contributed by atoms with Crippen molar-refractivity contribution >= 4 is 5.91 Å². The highest BCUT2D eigenvalue weighted by Gasteiger charge is 2.17. The van der Waals surface area contributed by atoms with Crippen molar-refractivity contribution in [3.8, 4) is 0 Å². The predicted octanol–water partition coefficient (Wildman–Crippen LogP) is 0.461. The van der Waals surface area contributed by atoms with Crippen LogP contribution >= 0.6 is 0 Å². The van der Waals surface area contributed by atoms with Gasteiger partial charge in [-0.2, -0.15) is 0 Å². The van der Waals surface area contributed by atoms with Crippen LogP contribution in [0.15, 0.2) is 24.5 Å². The van der Waals surface area contributed by atoms with Gasteiger partial charge in [-0.05, 0) is 25.1 Å². The van der Waals surface area contributed by atoms with Crippen LogP contribution in [0.5, 0.6) is 0 Å². The number of amides is 1. The van der Waals surface area contributed by atoms with Crippen molar-refractivity contribution in [1.29, 1.82) is 0 Å². The van der Waals surface area contributed by atoms with Crippen LogP contribution in [0.1, 0.15) is 12.0 Å². The molecule has 0 saturated carbocycles. The summed E-state index contributed by atoms with van der Waals surface area (Å²) in [6.07, 6.45) is 4.91. The highest BCUT2D eigenvalue weighted by Crippen LogP contribution is 2.06. The van der Waals surface area contributed by atoms with E-state index in [9.17, 15) is 4.79 Å². The fourth-order valence-electron chi connectivity index (χ4n) is 2.16. The molecule has 0 aromatic carbocycles. The molecule has 19 heavy (non-hydrogen) atoms. The van der Waals surface area contributed by atoms with Crippen LogP contribution in [-0.4, -0.2) is 55.2 Å². The smallest absolute Gasteiger partial charge is 0.224 e. The summed E-state index contributed by atoms with van der Waals surface area (Å²) in [5, 5.41) is 2.93. The van der Waals surface area contributed by atoms with Gasteiger partial charge in [-0.3, -0.25) is 9.78 Å². The van der Waals surface area contributed by atoms with Crippen molar-refractivity contribution in [1.82, 2.24) is 15.2 Å². The van der Waals surface area contributed by atoms with Gasteiger partial charge in [-0.1, -0.05) is 6.07 Å². The lowest BCUT2D eigenvalue weighted by atomic mass is 10.2. The molecule has 0 aliphatic carbocycles. The minimum atomic E-state index is 0.0390. The fraction of sp³-hybridized carbons (Fsp3) is 0.571. The van der Waals surface area contributed by atoms with E-state index in [1.165, 1.54) is 0 Å². The lowest BCUT2D eigenvalue weighted by Crippen LogP contribution is -2.41. The number of nitrogens with one attached hydrogen (secondary N) is 1. The van der Waals surface area contributed by atoms with Crippen LogP contribution in [0.3, 0.4) is 0 Å². The van der Waals surface area contributed by atoms with Gasteiger partial charge in [0.2, 0.25) is 5.91 Å². The molecule has 1 aliphatic heterocycles. The highest BCUT2D eigenvalue weighted by atomic mass is 16.5. The van der Waals surface area contributed by atoms with Crippen LogP contribution in [0.2, 0.25) is 0 Å². The van der Waals surface area contributed by atoms with Gasteiger partial charge < -0.3 is 15.0 Å². The SMILES string of the molecule is CN1CCOC(CCNC(=O)Cc2cccnc2)C1. The van der Waals surface area contributed by atoms with Crippen LogP contribution < -0.4 is 5.32 Å². The lowest BCUT2D eigenvalue weighted by molar-refractivity contribution is -0.120. The minimum absolute atomic E-state index is 0.0390. The number of aromatic nitrogens is 1. The number of hydrogen-bond donors (Lipinski definition) is 1. The number of carbonyl (C=O) groups excluding carboxylic acids is 1. The molecule has 0 bridgehead atoms. The maximum Gasteiger partial charge on any atom is 0.224 e. The number of likely N-dealkylation sites (N-methyl/N-ethyl adjacent to an activating group) is 1. The van der Waals surface area contributed by atoms with Crippen LogP contribution in [0.25, 0.3) is 0 Å². The molecule has 1 saturated heterocycles. The van der Waals surface area contributed by atoms with Crippen molar-refractivity contribution < 1.29 is 9.53 Å². The van der Waals surface area contributed by atoms with Gasteiger partial charge in [0.15, 0.2) is 0 Å². The van der Waals surface area contributed by atoms with E-state index in [-0.39, 0.29) is 12.0 Å². The first-order valence-electron chi connectivity index (χ1n) is 6.70. The number of ether oxygens (including phenoxy) is 1. The number of rotatable bonds is 5. The van der Waals surface area contributed by atoms with Gasteiger partial charge in [0, 0.05) is 32.0 Å². The maximum absolute atomic E-state index is 11.7. The van der Waals surface area contributed by atoms with E-state index in [1.54, 1.807) is 12.4 Å². The second kappa shape index (κ2) is 7.21. The Kier molecular flexibility index (Phi) is 5.30. The number of nitrogens with zero attached hydrogens (tertiary/aromatic N) is 2. The Morgan fingerprint density at radius 2 is 2.53 bits per heavy atom. The number of hydrogen-bond acceptors (Lipinski definition) is 4. The van der Waals surface area contributed by atoms with Crippen LogP contribution in [0.4, 0.5) is 0 Å². The summed E-state index contributed by atoms with van der Waals surface area (Å²) in [5.41, 5.74) is 0.939. The standard InChI is InChI=1S/C14H21N3O2/c1-17-7-8-19-13(11-17)4-6-16-14(18)9-12-3-2-5-15-10-12/h2-3,5,10,13H,4,6-9,11H2,1H3,(H,16,18). The van der Waals surface area contributed by atoms with Crippen molar-refractivity contribution in [3.05, 3.63) is 30.1 Å². The predicted molar refractivity (Wildman–Crippen MR) is 72.8 cm³/mol. The summed E-state index contributed by atoms with van der Waals surface area (Å²) in [5.74, 6) is 0.0390. The topological polar surface area (TPSA) is 54.5 Å². The second-order valence-corrected chi connectivity index (χ2v) is 4.93. The van der Waals surface area contributed by atoms with Gasteiger partial charge in [0.1, 0.15) is 0 Å². The number of carbonyl (C=O) groups is 1. The fourth-order valence-corrected chi connectivity index (χ4v) is 2.16. The van der Waals surface area contributed by atoms with E-state index in [0.29, 0.717) is 13.0 Å². The zero-order valence-electron chi connectivity index (χ0n) is 11.3. The van der Waals surface area contributed by atoms with Crippen molar-refractivity contribution in [2.24, 2.45) is 0 Å². The van der Waals surface area contributed by atoms with Crippen molar-refractivity contribution in [2.45, 2.75) is 18.9 Å². The Balaban J connectivity index is 1.64. The molecule has 104 valence electrons. The minimum Gasteiger partial charge on any atom is -0.375 e. The molecule has 1 N–H and O–H groups in total. The first kappa shape index (κ1) is 14.0. The molecule has 0 radical (unpaired) electrons. The number of pyridine rings is 1. The molecule has 2 heterocycles. The van der Waals surface area contributed by atoms with E-state index in [2.05, 4.69) is 22.2 Å². The summed E-state index contributed by atoms with van der Waals surface area (Å²) in [7, 11) is 2.09. The molecular weight excluding hydrogens is 242 g/mol. The molecular formula is C14H21N3O2. The first-order valence-corrected chi connectivity index (χ1v) is 6.70. The largest absolute Gasteiger partial charge is 0.375 e. The van der Waals surface area contributed by atoms with Crippen molar-refractivity contribution in [2.75, 3.05) is 33.3 Å². The molecule has 1 amide bonds. The third kappa shape index (κ3) is 4.96. The lowest BCUT2D eigenvalue weighted by Gasteiger charge is -2.30. The quantitative estimate of drug-likeness (QED) is 0.838. The second-order valence-electron chi connectivity index (χ2n) is 4.93. The van der Waals surface area contributed by atoms with Gasteiger partial charge in [-0.15, -0.1) is 0 Å². The van der Waals surface area contributed by atoms with E-state index >= 15 is 0 Å². The zero-order chi connectivity index (χ0) is 13.5. The molecule has 1 aliphatic rings. The highest BCUT2D eigenvalue weighted by molar-refractivity contribution is 5.78. The normalized spacial score (nSPS) is 20.2. The Morgan fingerprint density at radius 1 is 1.63 bits per heavy atom. The molecule has 1 fully saturated rings. The van der Waals surface area contributed by atoms with Crippen LogP contribution in [0, 0.1) is 0 Å². The Morgan fingerprint density at radius 3 is 3.26 bits per heavy atom. The Hall–Kier alpha value is -1.46. The third-order valence-corrected chi connectivity index (χ3v) is 3.22. The maximum atomic E-state index is 11.7. The molecule has 0 spiro atoms. The van der Waals surface area contributed by atoms with Crippen molar-refractivity contribution in [3.63, 3.8) is 0 Å². The van der Waals surface area contributed by atoms with E-state index in [1.807, 2.05) is 12.1 Å². The summed E-state index contributed by atoms with van der Waals surface area (Å²) in [6.45, 7) is 3.38. The molecule has 5 nitrogen and oxygen atoms in total. The van der Waals surface area contributed by atoms with Crippen LogP contribution in [-0.2, 0) is 16.0 Å². The average Bonchev–Trinajstić information content (AvgIpc) is 2.40. The van der Waals surface area contributed by atoms with Gasteiger partial charge in [0.25, 0.3) is 0 Å². The average molecular weight is 263 g/mol. The molecule has 1 aromatic rings. The molecule has 5 heteroatoms. The summed E-state index contributed by atoms with van der Waals surface area (Å²) >= 11 is 0.